The molecule has 0 bridgehead atoms. The molecule has 0 radical (unpaired) electrons. The van der Waals surface area contributed by atoms with Crippen molar-refractivity contribution >= 4 is 27.9 Å². The zero-order chi connectivity index (χ0) is 14.0. The molecule has 0 aliphatic carbocycles. The van der Waals surface area contributed by atoms with Crippen LogP contribution in [0.15, 0.2) is 34.3 Å². The normalized spacial score (nSPS) is 16.2. The molecule has 0 atom stereocenters. The van der Waals surface area contributed by atoms with E-state index in [2.05, 4.69) is 47.7 Å². The zero-order valence-corrected chi connectivity index (χ0v) is 13.3. The Balaban J connectivity index is 2.18. The summed E-state index contributed by atoms with van der Waals surface area (Å²) < 4.78 is 0.990. The molecular weight excluding hydrogens is 302 g/mol. The number of anilines is 1. The molecule has 0 N–H and O–H groups in total. The van der Waals surface area contributed by atoms with Gasteiger partial charge in [-0.3, -0.25) is 4.79 Å². The van der Waals surface area contributed by atoms with E-state index in [1.807, 2.05) is 18.2 Å². The van der Waals surface area contributed by atoms with Gasteiger partial charge in [-0.2, -0.15) is 0 Å². The lowest BCUT2D eigenvalue weighted by Gasteiger charge is -2.34. The first kappa shape index (κ1) is 14.3. The Kier molecular flexibility index (Phi) is 4.14. The lowest BCUT2D eigenvalue weighted by molar-refractivity contribution is 0.112. The Morgan fingerprint density at radius 1 is 1.32 bits per heavy atom. The van der Waals surface area contributed by atoms with Crippen LogP contribution in [0.2, 0.25) is 0 Å². The van der Waals surface area contributed by atoms with Crippen molar-refractivity contribution in [2.75, 3.05) is 18.0 Å². The molecule has 0 saturated carbocycles. The van der Waals surface area contributed by atoms with Crippen molar-refractivity contribution in [3.63, 3.8) is 0 Å². The third-order valence-corrected chi connectivity index (χ3v) is 4.26. The van der Waals surface area contributed by atoms with Gasteiger partial charge in [-0.05, 0) is 46.0 Å². The van der Waals surface area contributed by atoms with Crippen molar-refractivity contribution < 1.29 is 4.79 Å². The fourth-order valence-corrected chi connectivity index (χ4v) is 3.07. The number of aldehydes is 1. The van der Waals surface area contributed by atoms with Crippen molar-refractivity contribution in [3.8, 4) is 0 Å². The fraction of sp³-hybridized carbons (Fsp3) is 0.438. The topological polar surface area (TPSA) is 20.3 Å². The van der Waals surface area contributed by atoms with E-state index < -0.39 is 0 Å². The molecule has 0 spiro atoms. The summed E-state index contributed by atoms with van der Waals surface area (Å²) in [6.45, 7) is 8.77. The average molecular weight is 322 g/mol. The predicted molar refractivity (Wildman–Crippen MR) is 83.9 cm³/mol. The van der Waals surface area contributed by atoms with Crippen LogP contribution in [0.4, 0.5) is 5.69 Å². The minimum Gasteiger partial charge on any atom is -0.367 e. The Morgan fingerprint density at radius 2 is 2.05 bits per heavy atom. The highest BCUT2D eigenvalue weighted by molar-refractivity contribution is 9.10. The van der Waals surface area contributed by atoms with E-state index >= 15 is 0 Å². The molecular formula is C16H20BrNO. The van der Waals surface area contributed by atoms with E-state index in [-0.39, 0.29) is 5.41 Å². The molecule has 1 aromatic carbocycles. The quantitative estimate of drug-likeness (QED) is 0.592. The van der Waals surface area contributed by atoms with Crippen molar-refractivity contribution in [2.45, 2.75) is 27.2 Å². The largest absolute Gasteiger partial charge is 0.367 e. The number of benzene rings is 1. The Bertz CT molecular complexity index is 514. The van der Waals surface area contributed by atoms with Gasteiger partial charge in [0, 0.05) is 23.1 Å². The van der Waals surface area contributed by atoms with E-state index in [9.17, 15) is 4.79 Å². The van der Waals surface area contributed by atoms with E-state index in [0.717, 1.165) is 36.0 Å². The van der Waals surface area contributed by atoms with E-state index in [1.165, 1.54) is 5.57 Å². The van der Waals surface area contributed by atoms with Gasteiger partial charge in [0.2, 0.25) is 0 Å². The first-order valence-electron chi connectivity index (χ1n) is 6.61. The number of hydrogen-bond donors (Lipinski definition) is 0. The second kappa shape index (κ2) is 5.49. The lowest BCUT2D eigenvalue weighted by Crippen LogP contribution is -2.31. The smallest absolute Gasteiger partial charge is 0.150 e. The molecule has 2 rings (SSSR count). The molecule has 0 amide bonds. The van der Waals surface area contributed by atoms with Gasteiger partial charge in [-0.15, -0.1) is 0 Å². The number of halogens is 1. The minimum atomic E-state index is 0.269. The molecule has 0 fully saturated rings. The molecule has 1 aliphatic heterocycles. The highest BCUT2D eigenvalue weighted by Crippen LogP contribution is 2.34. The van der Waals surface area contributed by atoms with Crippen molar-refractivity contribution in [3.05, 3.63) is 39.9 Å². The highest BCUT2D eigenvalue weighted by Gasteiger charge is 2.22. The Labute approximate surface area is 123 Å². The van der Waals surface area contributed by atoms with Crippen LogP contribution in [0.3, 0.4) is 0 Å². The second-order valence-corrected chi connectivity index (χ2v) is 6.86. The monoisotopic (exact) mass is 321 g/mol. The summed E-state index contributed by atoms with van der Waals surface area (Å²) in [5, 5.41) is 0. The second-order valence-electron chi connectivity index (χ2n) is 6.00. The summed E-state index contributed by atoms with van der Waals surface area (Å²) in [5.74, 6) is 0. The average Bonchev–Trinajstić information content (AvgIpc) is 2.37. The molecule has 1 heterocycles. The lowest BCUT2D eigenvalue weighted by atomic mass is 9.83. The third kappa shape index (κ3) is 3.27. The van der Waals surface area contributed by atoms with E-state index in [0.29, 0.717) is 5.56 Å². The standard InChI is InChI=1S/C16H20BrNO/c1-16(2,3)13-6-8-18(9-7-13)15-5-4-12(11-19)10-14(15)17/h4-6,10-11H,7-9H2,1-3H3. The summed E-state index contributed by atoms with van der Waals surface area (Å²) in [6.07, 6.45) is 4.32. The molecule has 19 heavy (non-hydrogen) atoms. The van der Waals surface area contributed by atoms with E-state index in [1.54, 1.807) is 0 Å². The maximum absolute atomic E-state index is 10.8. The number of carbonyl (C=O) groups is 1. The molecule has 1 aliphatic rings. The van der Waals surface area contributed by atoms with Gasteiger partial charge < -0.3 is 4.90 Å². The van der Waals surface area contributed by atoms with E-state index in [4.69, 9.17) is 0 Å². The number of rotatable bonds is 2. The van der Waals surface area contributed by atoms with Gasteiger partial charge in [-0.1, -0.05) is 32.4 Å². The summed E-state index contributed by atoms with van der Waals surface area (Å²) in [7, 11) is 0. The fourth-order valence-electron chi connectivity index (χ4n) is 2.42. The minimum absolute atomic E-state index is 0.269. The molecule has 0 saturated heterocycles. The maximum atomic E-state index is 10.8. The van der Waals surface area contributed by atoms with Gasteiger partial charge in [0.15, 0.2) is 0 Å². The Hall–Kier alpha value is -1.09. The van der Waals surface area contributed by atoms with Crippen LogP contribution in [-0.4, -0.2) is 19.4 Å². The van der Waals surface area contributed by atoms with Crippen LogP contribution in [0.5, 0.6) is 0 Å². The highest BCUT2D eigenvalue weighted by atomic mass is 79.9. The van der Waals surface area contributed by atoms with Gasteiger partial charge in [-0.25, -0.2) is 0 Å². The van der Waals surface area contributed by atoms with Crippen LogP contribution in [0, 0.1) is 5.41 Å². The number of carbonyl (C=O) groups excluding carboxylic acids is 1. The van der Waals surface area contributed by atoms with Gasteiger partial charge in [0.25, 0.3) is 0 Å². The van der Waals surface area contributed by atoms with Crippen molar-refractivity contribution in [1.82, 2.24) is 0 Å². The van der Waals surface area contributed by atoms with Crippen molar-refractivity contribution in [2.24, 2.45) is 5.41 Å². The maximum Gasteiger partial charge on any atom is 0.150 e. The summed E-state index contributed by atoms with van der Waals surface area (Å²) >= 11 is 3.56. The van der Waals surface area contributed by atoms with Crippen molar-refractivity contribution in [1.29, 1.82) is 0 Å². The Morgan fingerprint density at radius 3 is 2.53 bits per heavy atom. The molecule has 2 nitrogen and oxygen atoms in total. The summed E-state index contributed by atoms with van der Waals surface area (Å²) in [5.41, 5.74) is 3.67. The summed E-state index contributed by atoms with van der Waals surface area (Å²) in [4.78, 5) is 13.1. The van der Waals surface area contributed by atoms with Crippen LogP contribution >= 0.6 is 15.9 Å². The predicted octanol–water partition coefficient (Wildman–Crippen LogP) is 4.44. The molecule has 1 aromatic rings. The first-order chi connectivity index (χ1) is 8.91. The van der Waals surface area contributed by atoms with Gasteiger partial charge in [0.05, 0.1) is 5.69 Å². The molecule has 0 aromatic heterocycles. The van der Waals surface area contributed by atoms with Crippen LogP contribution in [0.1, 0.15) is 37.6 Å². The summed E-state index contributed by atoms with van der Waals surface area (Å²) in [6, 6.07) is 5.77. The first-order valence-corrected chi connectivity index (χ1v) is 7.40. The SMILES string of the molecule is CC(C)(C)C1=CCN(c2ccc(C=O)cc2Br)CC1. The molecule has 0 unspecified atom stereocenters. The molecule has 102 valence electrons. The van der Waals surface area contributed by atoms with Crippen LogP contribution in [0.25, 0.3) is 0 Å². The van der Waals surface area contributed by atoms with Crippen LogP contribution in [-0.2, 0) is 0 Å². The number of hydrogen-bond acceptors (Lipinski definition) is 2. The van der Waals surface area contributed by atoms with Gasteiger partial charge in [0.1, 0.15) is 6.29 Å². The van der Waals surface area contributed by atoms with Crippen LogP contribution < -0.4 is 4.90 Å². The number of nitrogens with zero attached hydrogens (tertiary/aromatic N) is 1. The zero-order valence-electron chi connectivity index (χ0n) is 11.7. The van der Waals surface area contributed by atoms with Gasteiger partial charge >= 0.3 is 0 Å². The molecule has 3 heteroatoms. The third-order valence-electron chi connectivity index (χ3n) is 3.62.